The molecule has 92 valence electrons. The van der Waals surface area contributed by atoms with E-state index in [2.05, 4.69) is 9.39 Å². The van der Waals surface area contributed by atoms with E-state index in [1.165, 1.54) is 18.1 Å². The van der Waals surface area contributed by atoms with Gasteiger partial charge in [0.1, 0.15) is 6.01 Å². The lowest BCUT2D eigenvalue weighted by Crippen LogP contribution is -2.20. The van der Waals surface area contributed by atoms with Crippen LogP contribution in [0.3, 0.4) is 0 Å². The van der Waals surface area contributed by atoms with E-state index in [1.54, 1.807) is 12.1 Å². The Bertz CT molecular complexity index is 555. The third-order valence-corrected chi connectivity index (χ3v) is 2.57. The number of aryl methyl sites for hydroxylation is 1. The molecular weight excluding hydrogens is 257 g/mol. The number of benzene rings is 1. The highest BCUT2D eigenvalue weighted by Gasteiger charge is 2.46. The Morgan fingerprint density at radius 1 is 1.18 bits per heavy atom. The zero-order valence-electron chi connectivity index (χ0n) is 8.56. The maximum absolute atomic E-state index is 11.8. The molecule has 0 aliphatic heterocycles. The average molecular weight is 264 g/mol. The topological polar surface area (TPSA) is 58.9 Å². The molecule has 1 aromatic rings. The Kier molecular flexibility index (Phi) is 3.69. The van der Waals surface area contributed by atoms with Crippen molar-refractivity contribution in [3.05, 3.63) is 29.8 Å². The minimum absolute atomic E-state index is 0.261. The van der Waals surface area contributed by atoms with E-state index < -0.39 is 15.5 Å². The molecule has 0 saturated heterocycles. The van der Waals surface area contributed by atoms with Gasteiger partial charge in [-0.25, -0.2) is 0 Å². The zero-order chi connectivity index (χ0) is 13.1. The molecule has 1 rings (SSSR count). The second-order valence-electron chi connectivity index (χ2n) is 3.06. The van der Waals surface area contributed by atoms with Gasteiger partial charge in [-0.05, 0) is 19.1 Å². The third-order valence-electron chi connectivity index (χ3n) is 1.67. The standard InChI is InChI=1S/C9H7F3N2O2S/c1-7-2-4-8(5-3-7)13-6-14-17(15,16)9(10,11)12/h2-5H,1H3. The number of hydrogen-bond donors (Lipinski definition) is 0. The second kappa shape index (κ2) is 4.68. The fraction of sp³-hybridized carbons (Fsp3) is 0.222. The van der Waals surface area contributed by atoms with Crippen molar-refractivity contribution in [1.29, 1.82) is 0 Å². The number of aliphatic imine (C=N–C) groups is 1. The molecule has 4 nitrogen and oxygen atoms in total. The lowest BCUT2D eigenvalue weighted by Gasteiger charge is -1.99. The molecule has 0 fully saturated rings. The van der Waals surface area contributed by atoms with E-state index in [0.717, 1.165) is 5.56 Å². The summed E-state index contributed by atoms with van der Waals surface area (Å²) in [7, 11) is -5.56. The number of rotatable bonds is 2. The van der Waals surface area contributed by atoms with Gasteiger partial charge in [0, 0.05) is 0 Å². The van der Waals surface area contributed by atoms with Crippen molar-refractivity contribution in [3.8, 4) is 0 Å². The summed E-state index contributed by atoms with van der Waals surface area (Å²) >= 11 is 0. The normalized spacial score (nSPS) is 11.8. The van der Waals surface area contributed by atoms with Gasteiger partial charge in [-0.1, -0.05) is 22.1 Å². The maximum atomic E-state index is 11.8. The first-order chi connectivity index (χ1) is 7.72. The molecule has 0 aliphatic carbocycles. The van der Waals surface area contributed by atoms with Crippen LogP contribution in [0.1, 0.15) is 5.56 Å². The van der Waals surface area contributed by atoms with Gasteiger partial charge >= 0.3 is 15.5 Å². The minimum Gasteiger partial charge on any atom is -0.194 e. The fourth-order valence-corrected chi connectivity index (χ4v) is 1.05. The van der Waals surface area contributed by atoms with Gasteiger partial charge in [0.25, 0.3) is 0 Å². The second-order valence-corrected chi connectivity index (χ2v) is 4.66. The van der Waals surface area contributed by atoms with E-state index in [0.29, 0.717) is 0 Å². The number of nitrogens with zero attached hydrogens (tertiary/aromatic N) is 2. The van der Waals surface area contributed by atoms with Crippen molar-refractivity contribution in [2.45, 2.75) is 12.4 Å². The van der Waals surface area contributed by atoms with Crippen molar-refractivity contribution in [2.24, 2.45) is 9.39 Å². The summed E-state index contributed by atoms with van der Waals surface area (Å²) in [6.07, 6.45) is 0. The van der Waals surface area contributed by atoms with Crippen LogP contribution in [0.5, 0.6) is 0 Å². The molecule has 0 heterocycles. The van der Waals surface area contributed by atoms with Crippen LogP contribution in [0, 0.1) is 6.92 Å². The van der Waals surface area contributed by atoms with Gasteiger partial charge < -0.3 is 0 Å². The predicted molar refractivity (Wildman–Crippen MR) is 55.7 cm³/mol. The van der Waals surface area contributed by atoms with Crippen molar-refractivity contribution in [2.75, 3.05) is 0 Å². The molecule has 0 spiro atoms. The highest BCUT2D eigenvalue weighted by Crippen LogP contribution is 2.24. The summed E-state index contributed by atoms with van der Waals surface area (Å²) in [5.41, 5.74) is -4.23. The van der Waals surface area contributed by atoms with E-state index in [9.17, 15) is 21.6 Å². The minimum atomic E-state index is -5.56. The zero-order valence-corrected chi connectivity index (χ0v) is 9.38. The Balaban J connectivity index is 2.96. The summed E-state index contributed by atoms with van der Waals surface area (Å²) in [6.45, 7) is 1.82. The van der Waals surface area contributed by atoms with E-state index in [1.807, 2.05) is 6.92 Å². The van der Waals surface area contributed by atoms with Gasteiger partial charge in [0.2, 0.25) is 0 Å². The molecule has 0 bridgehead atoms. The highest BCUT2D eigenvalue weighted by atomic mass is 32.2. The van der Waals surface area contributed by atoms with Gasteiger partial charge in [0.15, 0.2) is 0 Å². The van der Waals surface area contributed by atoms with Crippen LogP contribution in [-0.2, 0) is 10.0 Å². The van der Waals surface area contributed by atoms with Crippen LogP contribution in [0.15, 0.2) is 33.7 Å². The van der Waals surface area contributed by atoms with Gasteiger partial charge in [-0.3, -0.25) is 0 Å². The smallest absolute Gasteiger partial charge is 0.194 e. The molecule has 17 heavy (non-hydrogen) atoms. The highest BCUT2D eigenvalue weighted by molar-refractivity contribution is 7.91. The van der Waals surface area contributed by atoms with E-state index in [-0.39, 0.29) is 5.69 Å². The maximum Gasteiger partial charge on any atom is 0.519 e. The fourth-order valence-electron chi connectivity index (χ4n) is 0.803. The average Bonchev–Trinajstić information content (AvgIpc) is 2.19. The molecule has 0 amide bonds. The van der Waals surface area contributed by atoms with Gasteiger partial charge in [0.05, 0.1) is 5.69 Å². The van der Waals surface area contributed by atoms with Crippen LogP contribution in [0.25, 0.3) is 0 Å². The molecule has 0 radical (unpaired) electrons. The van der Waals surface area contributed by atoms with Crippen molar-refractivity contribution in [1.82, 2.24) is 0 Å². The molecule has 0 saturated carbocycles. The number of hydrogen-bond acceptors (Lipinski definition) is 3. The molecular formula is C9H7F3N2O2S. The van der Waals surface area contributed by atoms with Gasteiger partial charge in [-0.15, -0.1) is 0 Å². The SMILES string of the molecule is Cc1ccc(N=C=NS(=O)(=O)C(F)(F)F)cc1. The summed E-state index contributed by atoms with van der Waals surface area (Å²) in [5.74, 6) is 0. The first-order valence-corrected chi connectivity index (χ1v) is 5.72. The third kappa shape index (κ3) is 3.69. The first-order valence-electron chi connectivity index (χ1n) is 4.28. The van der Waals surface area contributed by atoms with Gasteiger partial charge in [-0.2, -0.15) is 26.6 Å². The Hall–Kier alpha value is -1.66. The number of alkyl halides is 3. The Labute approximate surface area is 95.6 Å². The van der Waals surface area contributed by atoms with Crippen LogP contribution in [-0.4, -0.2) is 19.9 Å². The summed E-state index contributed by atoms with van der Waals surface area (Å²) < 4.78 is 58.8. The monoisotopic (exact) mass is 264 g/mol. The molecule has 0 aromatic heterocycles. The Morgan fingerprint density at radius 3 is 2.18 bits per heavy atom. The molecule has 1 aromatic carbocycles. The van der Waals surface area contributed by atoms with Crippen molar-refractivity contribution in [3.63, 3.8) is 0 Å². The summed E-state index contributed by atoms with van der Waals surface area (Å²) in [5, 5.41) is 0. The predicted octanol–water partition coefficient (Wildman–Crippen LogP) is 2.65. The van der Waals surface area contributed by atoms with Crippen LogP contribution in [0.2, 0.25) is 0 Å². The number of sulfonamides is 1. The quantitative estimate of drug-likeness (QED) is 0.771. The summed E-state index contributed by atoms with van der Waals surface area (Å²) in [6, 6.07) is 7.84. The molecule has 0 aliphatic rings. The Morgan fingerprint density at radius 2 is 1.71 bits per heavy atom. The van der Waals surface area contributed by atoms with Crippen LogP contribution >= 0.6 is 0 Å². The first kappa shape index (κ1) is 13.4. The van der Waals surface area contributed by atoms with Crippen LogP contribution < -0.4 is 0 Å². The lowest BCUT2D eigenvalue weighted by atomic mass is 10.2. The summed E-state index contributed by atoms with van der Waals surface area (Å²) in [4.78, 5) is 3.35. The molecule has 0 N–H and O–H groups in total. The van der Waals surface area contributed by atoms with Crippen LogP contribution in [0.4, 0.5) is 18.9 Å². The van der Waals surface area contributed by atoms with Crippen molar-refractivity contribution < 1.29 is 21.6 Å². The van der Waals surface area contributed by atoms with Crippen molar-refractivity contribution >= 4 is 21.7 Å². The molecule has 8 heteroatoms. The molecule has 0 unspecified atom stereocenters. The number of halogens is 3. The lowest BCUT2D eigenvalue weighted by molar-refractivity contribution is -0.0435. The largest absolute Gasteiger partial charge is 0.519 e. The van der Waals surface area contributed by atoms with E-state index in [4.69, 9.17) is 0 Å². The van der Waals surface area contributed by atoms with E-state index >= 15 is 0 Å². The molecule has 0 atom stereocenters.